The molecule has 12 N–H and O–H groups in total. The monoisotopic (exact) mass is 1920 g/mol. The number of para-hydroxylation sites is 2. The number of benzene rings is 6. The first-order chi connectivity index (χ1) is 60.7. The number of thiocarbonyl (C=S) groups is 2. The maximum absolute atomic E-state index is 12.3. The third kappa shape index (κ3) is 32.4. The molecule has 6 aromatic carbocycles. The van der Waals surface area contributed by atoms with Crippen molar-refractivity contribution in [2.24, 2.45) is 16.5 Å². The van der Waals surface area contributed by atoms with Crippen molar-refractivity contribution in [3.05, 3.63) is 260 Å². The number of carbonyl (C=O) groups is 3. The zero-order valence-corrected chi connectivity index (χ0v) is 78.8. The number of piperidine rings is 4. The molecule has 4 aliphatic rings. The van der Waals surface area contributed by atoms with Gasteiger partial charge < -0.3 is 71.5 Å². The Bertz CT molecular complexity index is 5750. The minimum atomic E-state index is -0.723. The first kappa shape index (κ1) is 99.2. The van der Waals surface area contributed by atoms with Crippen LogP contribution in [0.25, 0.3) is 32.8 Å². The number of thioether (sulfide) groups is 1. The smallest absolute Gasteiger partial charge is 0.419 e. The number of nitrogens with zero attached hydrogens (tertiary/aromatic N) is 11. The van der Waals surface area contributed by atoms with Gasteiger partial charge in [0.15, 0.2) is 15.4 Å². The quantitative estimate of drug-likeness (QED) is 0.00997. The Balaban J connectivity index is 0.000000170. The highest BCUT2D eigenvalue weighted by Gasteiger charge is 2.32. The highest BCUT2D eigenvalue weighted by molar-refractivity contribution is 14.1. The third-order valence-corrected chi connectivity index (χ3v) is 21.2. The SMILES string of the molecule is CC(C)(C)OC(=O)N1CCCC(c2cccc(N)c2)C1.CC(C)(C)OC(=O)N1CCCC(c2cccc(NC(N)=S)c2)C1.CI.CSC(N)=Nc1cccc(C2CCCN(C(=O)OC(C)(C)C)C2)c1.Clc1ncnc2[nH]ccc12.O=c1[nH]c(Nc2cccc(C3CCCNC3)c2)nc2ccccc12.O=c1[nH]c2ccccc2c(=O)o1.S=C(n1ccnc1)n1ccnc1. The van der Waals surface area contributed by atoms with Gasteiger partial charge in [-0.25, -0.2) is 53.9 Å². The van der Waals surface area contributed by atoms with Gasteiger partial charge in [0.05, 0.1) is 32.9 Å². The number of H-pyrrole nitrogens is 3. The lowest BCUT2D eigenvalue weighted by atomic mass is 9.90. The fourth-order valence-electron chi connectivity index (χ4n) is 14.1. The Labute approximate surface area is 772 Å². The number of aromatic nitrogens is 10. The highest BCUT2D eigenvalue weighted by atomic mass is 127. The second kappa shape index (κ2) is 48.4. The number of carbonyl (C=O) groups excluding carboxylic acids is 3. The van der Waals surface area contributed by atoms with E-state index in [2.05, 4.69) is 124 Å². The van der Waals surface area contributed by atoms with Gasteiger partial charge in [-0.1, -0.05) is 119 Å². The molecule has 4 aliphatic heterocycles. The van der Waals surface area contributed by atoms with Gasteiger partial charge >= 0.3 is 29.7 Å². The number of fused-ring (bicyclic) bond motifs is 3. The summed E-state index contributed by atoms with van der Waals surface area (Å²) >= 11 is 19.3. The minimum absolute atomic E-state index is 0.129. The molecule has 3 amide bonds. The molecule has 4 fully saturated rings. The summed E-state index contributed by atoms with van der Waals surface area (Å²) in [6, 6.07) is 48.3. The Morgan fingerprint density at radius 1 is 0.598 bits per heavy atom. The van der Waals surface area contributed by atoms with Gasteiger partial charge in [-0.05, 0) is 263 Å². The van der Waals surface area contributed by atoms with E-state index in [1.54, 1.807) is 88.0 Å². The second-order valence-electron chi connectivity index (χ2n) is 33.0. The topological polar surface area (TPSA) is 401 Å². The van der Waals surface area contributed by atoms with Crippen molar-refractivity contribution in [1.82, 2.24) is 69.0 Å². The predicted octanol–water partition coefficient (Wildman–Crippen LogP) is 18.0. The lowest BCUT2D eigenvalue weighted by Gasteiger charge is -2.34. The number of halogens is 2. The normalized spacial score (nSPS) is 16.2. The van der Waals surface area contributed by atoms with Gasteiger partial charge in [-0.15, -0.1) is 0 Å². The number of nitrogens with one attached hydrogen (secondary N) is 6. The van der Waals surface area contributed by atoms with Gasteiger partial charge in [0.25, 0.3) is 5.56 Å². The molecule has 0 saturated carbocycles. The number of anilines is 4. The van der Waals surface area contributed by atoms with Crippen LogP contribution in [0.5, 0.6) is 0 Å². The van der Waals surface area contributed by atoms with Crippen LogP contribution in [0.15, 0.2) is 225 Å². The van der Waals surface area contributed by atoms with E-state index < -0.39 is 28.2 Å². The molecule has 6 aromatic heterocycles. The lowest BCUT2D eigenvalue weighted by Crippen LogP contribution is -2.42. The van der Waals surface area contributed by atoms with E-state index in [1.807, 2.05) is 168 Å². The van der Waals surface area contributed by atoms with Crippen molar-refractivity contribution in [3.63, 3.8) is 0 Å². The summed E-state index contributed by atoms with van der Waals surface area (Å²) in [5, 5.41) is 13.4. The Hall–Kier alpha value is -11.6. The van der Waals surface area contributed by atoms with E-state index >= 15 is 0 Å². The number of aromatic amines is 3. The Morgan fingerprint density at radius 3 is 1.62 bits per heavy atom. The van der Waals surface area contributed by atoms with Crippen LogP contribution in [0, 0.1) is 0 Å². The van der Waals surface area contributed by atoms with E-state index in [4.69, 9.17) is 67.4 Å². The number of amidine groups is 1. The lowest BCUT2D eigenvalue weighted by molar-refractivity contribution is 0.0188. The molecule has 35 heteroatoms. The molecule has 10 heterocycles. The van der Waals surface area contributed by atoms with Crippen molar-refractivity contribution in [3.8, 4) is 0 Å². The standard InChI is InChI=1S/C19H20N4O.C18H27N3O2S.C17H25N3O2S.C16H24N2O2.C8H5NO3.C7H6N4S.C6H4ClN3.CH3I/c24-18-16-8-1-2-9-17(16)22-19(23-18)21-15-7-3-5-13(11-15)14-6-4-10-20-12-14;1-18(2,3)23-17(22)21-10-6-8-14(12-21)13-7-5-9-15(11-13)20-16(19)24-4;1-17(2,3)22-16(21)20-9-5-7-13(11-20)12-6-4-8-14(10-12)19-15(18)23;1-16(2,3)20-15(19)18-9-5-7-13(11-18)12-6-4-8-14(17)10-12;10-7-5-3-1-2-4-6(5)9-8(11)12-7;12-7(10-3-1-8-5-10)11-4-2-9-6-11;7-5-4-1-2-8-6(4)10-3-9-5;1-2/h1-3,5,7-9,11,14,20H,4,6,10,12H2,(H2,21,22,23,24);5,7,9,11,14H,6,8,10,12H2,1-4H3,(H2,19,20);4,6,8,10,13H,5,7,9,11H2,1-3H3,(H3,18,19,23);4,6,8,10,13H,5,7,9,11,17H2,1-3H3;1-4H,(H,9,11);1-6H;1-3H,(H,8,9,10);1H3. The summed E-state index contributed by atoms with van der Waals surface area (Å²) in [7, 11) is 0. The number of aliphatic imine (C=N–C) groups is 1. The fraction of sp³-hybridized carbons (Fsp3) is 0.370. The van der Waals surface area contributed by atoms with Gasteiger partial charge in [0.1, 0.15) is 46.6 Å². The number of hydrogen-bond donors (Lipinski definition) is 9. The zero-order chi connectivity index (χ0) is 91.8. The first-order valence-corrected chi connectivity index (χ1v) is 46.2. The molecule has 4 atom stereocenters. The second-order valence-corrected chi connectivity index (χ2v) is 35.0. The molecule has 12 aromatic rings. The van der Waals surface area contributed by atoms with Crippen LogP contribution in [0.4, 0.5) is 43.1 Å². The van der Waals surface area contributed by atoms with Crippen LogP contribution in [-0.4, -0.2) is 178 Å². The number of imidazole rings is 2. The number of nitrogens with two attached hydrogens (primary N) is 3. The summed E-state index contributed by atoms with van der Waals surface area (Å²) in [5.41, 5.74) is 25.4. The maximum Gasteiger partial charge on any atom is 0.419 e. The molecular weight excluding hydrogens is 1800 g/mol. The number of likely N-dealkylation sites (tertiary alicyclic amines) is 3. The summed E-state index contributed by atoms with van der Waals surface area (Å²) in [5.74, 6) is 1.24. The molecular formula is C92H114ClIN20O10S3. The Kier molecular flexibility index (Phi) is 37.8. The predicted molar refractivity (Wildman–Crippen MR) is 525 cm³/mol. The van der Waals surface area contributed by atoms with Crippen LogP contribution in [-0.2, 0) is 14.2 Å². The van der Waals surface area contributed by atoms with Crippen LogP contribution in [0.2, 0.25) is 5.15 Å². The van der Waals surface area contributed by atoms with E-state index in [1.165, 1.54) is 53.2 Å². The fourth-order valence-corrected chi connectivity index (χ4v) is 14.9. The largest absolute Gasteiger partial charge is 0.444 e. The van der Waals surface area contributed by atoms with Crippen molar-refractivity contribution in [1.29, 1.82) is 0 Å². The number of alkyl halides is 1. The average Bonchev–Trinajstić information content (AvgIpc) is 1.83. The Morgan fingerprint density at radius 2 is 1.10 bits per heavy atom. The van der Waals surface area contributed by atoms with E-state index in [-0.39, 0.29) is 29.0 Å². The first-order valence-electron chi connectivity index (χ1n) is 41.6. The maximum atomic E-state index is 12.3. The molecule has 0 aliphatic carbocycles. The summed E-state index contributed by atoms with van der Waals surface area (Å²) in [6.07, 6.45) is 23.3. The minimum Gasteiger partial charge on any atom is -0.444 e. The summed E-state index contributed by atoms with van der Waals surface area (Å²) in [6.45, 7) is 23.5. The van der Waals surface area contributed by atoms with Gasteiger partial charge in [0.2, 0.25) is 5.95 Å². The van der Waals surface area contributed by atoms with E-state index in [9.17, 15) is 28.8 Å². The molecule has 127 heavy (non-hydrogen) atoms. The van der Waals surface area contributed by atoms with E-state index in [0.29, 0.717) is 86.5 Å². The van der Waals surface area contributed by atoms with E-state index in [0.717, 1.165) is 105 Å². The van der Waals surface area contributed by atoms with Gasteiger partial charge in [-0.2, -0.15) is 0 Å². The number of rotatable bonds is 8. The molecule has 0 spiro atoms. The molecule has 674 valence electrons. The molecule has 16 rings (SSSR count). The van der Waals surface area contributed by atoms with Crippen molar-refractivity contribution in [2.45, 2.75) is 154 Å². The zero-order valence-electron chi connectivity index (χ0n) is 73.4. The van der Waals surface area contributed by atoms with Gasteiger partial charge in [-0.3, -0.25) is 23.9 Å². The van der Waals surface area contributed by atoms with Gasteiger partial charge in [0, 0.05) is 112 Å². The highest BCUT2D eigenvalue weighted by Crippen LogP contribution is 2.34. The number of amides is 3. The van der Waals surface area contributed by atoms with Crippen molar-refractivity contribution < 1.29 is 33.0 Å². The van der Waals surface area contributed by atoms with Crippen LogP contribution in [0.1, 0.15) is 160 Å². The van der Waals surface area contributed by atoms with Crippen molar-refractivity contribution in [2.75, 3.05) is 79.9 Å². The molecule has 4 saturated heterocycles. The molecule has 30 nitrogen and oxygen atoms in total. The molecule has 4 unspecified atom stereocenters. The summed E-state index contributed by atoms with van der Waals surface area (Å²) < 4.78 is 24.2. The molecule has 0 bridgehead atoms. The third-order valence-electron chi connectivity index (χ3n) is 19.9. The van der Waals surface area contributed by atoms with Crippen molar-refractivity contribution >= 4 is 166 Å². The number of ether oxygens (including phenoxy) is 3. The average molecular weight is 1920 g/mol. The molecule has 0 radical (unpaired) electrons. The number of nitrogen functional groups attached to an aromatic ring is 1. The van der Waals surface area contributed by atoms with Crippen LogP contribution >= 0.6 is 70.4 Å². The number of hydrogen-bond acceptors (Lipinski definition) is 22. The van der Waals surface area contributed by atoms with Crippen LogP contribution in [0.3, 0.4) is 0 Å². The van der Waals surface area contributed by atoms with Crippen LogP contribution < -0.4 is 50.1 Å². The summed E-state index contributed by atoms with van der Waals surface area (Å²) in [4.78, 5) is 111.